The molecule has 0 saturated heterocycles. The SMILES string of the molecule is CN(C)C(=O)CCCSc1ccnc2ccccc12. The maximum Gasteiger partial charge on any atom is 0.222 e. The van der Waals surface area contributed by atoms with E-state index in [0.29, 0.717) is 6.42 Å². The second kappa shape index (κ2) is 6.57. The quantitative estimate of drug-likeness (QED) is 0.620. The Hall–Kier alpha value is -1.55. The second-order valence-corrected chi connectivity index (χ2v) is 5.70. The van der Waals surface area contributed by atoms with Gasteiger partial charge in [-0.15, -0.1) is 11.8 Å². The summed E-state index contributed by atoms with van der Waals surface area (Å²) in [4.78, 5) is 18.7. The van der Waals surface area contributed by atoms with Crippen LogP contribution in [0.5, 0.6) is 0 Å². The van der Waals surface area contributed by atoms with E-state index < -0.39 is 0 Å². The molecule has 2 aromatic rings. The van der Waals surface area contributed by atoms with Crippen LogP contribution in [-0.4, -0.2) is 35.6 Å². The van der Waals surface area contributed by atoms with Gasteiger partial charge < -0.3 is 4.90 Å². The summed E-state index contributed by atoms with van der Waals surface area (Å²) in [6.07, 6.45) is 3.36. The lowest BCUT2D eigenvalue weighted by Crippen LogP contribution is -2.21. The van der Waals surface area contributed by atoms with Crippen molar-refractivity contribution in [3.8, 4) is 0 Å². The standard InChI is InChI=1S/C15H18N2OS/c1-17(2)15(18)8-5-11-19-14-9-10-16-13-7-4-3-6-12(13)14/h3-4,6-7,9-10H,5,8,11H2,1-2H3. The fourth-order valence-corrected chi connectivity index (χ4v) is 2.82. The molecule has 19 heavy (non-hydrogen) atoms. The van der Waals surface area contributed by atoms with Gasteiger partial charge in [0.15, 0.2) is 0 Å². The average molecular weight is 274 g/mol. The molecular weight excluding hydrogens is 256 g/mol. The number of hydrogen-bond donors (Lipinski definition) is 0. The number of fused-ring (bicyclic) bond motifs is 1. The molecule has 0 N–H and O–H groups in total. The smallest absolute Gasteiger partial charge is 0.222 e. The summed E-state index contributed by atoms with van der Waals surface area (Å²) >= 11 is 1.79. The summed E-state index contributed by atoms with van der Waals surface area (Å²) in [6.45, 7) is 0. The van der Waals surface area contributed by atoms with Crippen LogP contribution in [0.3, 0.4) is 0 Å². The molecule has 0 aliphatic carbocycles. The van der Waals surface area contributed by atoms with Crippen molar-refractivity contribution < 1.29 is 4.79 Å². The zero-order valence-electron chi connectivity index (χ0n) is 11.3. The largest absolute Gasteiger partial charge is 0.349 e. The van der Waals surface area contributed by atoms with Gasteiger partial charge in [0, 0.05) is 37.0 Å². The molecule has 0 bridgehead atoms. The van der Waals surface area contributed by atoms with Crippen LogP contribution in [0.2, 0.25) is 0 Å². The number of carbonyl (C=O) groups excluding carboxylic acids is 1. The van der Waals surface area contributed by atoms with Gasteiger partial charge in [-0.2, -0.15) is 0 Å². The van der Waals surface area contributed by atoms with Crippen molar-refractivity contribution in [3.05, 3.63) is 36.5 Å². The zero-order chi connectivity index (χ0) is 13.7. The van der Waals surface area contributed by atoms with Gasteiger partial charge in [-0.1, -0.05) is 18.2 Å². The first-order valence-electron chi connectivity index (χ1n) is 6.35. The van der Waals surface area contributed by atoms with Crippen LogP contribution < -0.4 is 0 Å². The predicted molar refractivity (Wildman–Crippen MR) is 80.4 cm³/mol. The van der Waals surface area contributed by atoms with Crippen LogP contribution in [0.25, 0.3) is 10.9 Å². The first kappa shape index (κ1) is 13.9. The molecule has 0 atom stereocenters. The third-order valence-corrected chi connectivity index (χ3v) is 4.06. The minimum atomic E-state index is 0.195. The van der Waals surface area contributed by atoms with Crippen LogP contribution in [0.15, 0.2) is 41.4 Å². The lowest BCUT2D eigenvalue weighted by atomic mass is 10.2. The summed E-state index contributed by atoms with van der Waals surface area (Å²) < 4.78 is 0. The topological polar surface area (TPSA) is 33.2 Å². The Balaban J connectivity index is 1.93. The molecule has 1 aromatic carbocycles. The number of hydrogen-bond acceptors (Lipinski definition) is 3. The summed E-state index contributed by atoms with van der Waals surface area (Å²) in [6, 6.07) is 10.2. The number of pyridine rings is 1. The summed E-state index contributed by atoms with van der Waals surface area (Å²) in [5, 5.41) is 1.19. The average Bonchev–Trinajstić information content (AvgIpc) is 2.43. The van der Waals surface area contributed by atoms with Crippen molar-refractivity contribution in [1.29, 1.82) is 0 Å². The minimum Gasteiger partial charge on any atom is -0.349 e. The molecule has 1 aromatic heterocycles. The van der Waals surface area contributed by atoms with E-state index in [0.717, 1.165) is 17.7 Å². The van der Waals surface area contributed by atoms with E-state index in [1.807, 2.05) is 30.5 Å². The number of nitrogens with zero attached hydrogens (tertiary/aromatic N) is 2. The highest BCUT2D eigenvalue weighted by Gasteiger charge is 2.05. The van der Waals surface area contributed by atoms with Crippen LogP contribution in [0.1, 0.15) is 12.8 Å². The van der Waals surface area contributed by atoms with Crippen molar-refractivity contribution in [2.75, 3.05) is 19.8 Å². The second-order valence-electron chi connectivity index (χ2n) is 4.57. The number of para-hydroxylation sites is 1. The molecule has 0 aliphatic heterocycles. The molecule has 2 rings (SSSR count). The number of carbonyl (C=O) groups is 1. The molecule has 1 heterocycles. The Morgan fingerprint density at radius 2 is 2.05 bits per heavy atom. The molecule has 0 saturated carbocycles. The van der Waals surface area contributed by atoms with E-state index in [-0.39, 0.29) is 5.91 Å². The van der Waals surface area contributed by atoms with Gasteiger partial charge in [0.05, 0.1) is 5.52 Å². The van der Waals surface area contributed by atoms with E-state index >= 15 is 0 Å². The fraction of sp³-hybridized carbons (Fsp3) is 0.333. The number of benzene rings is 1. The Morgan fingerprint density at radius 3 is 2.84 bits per heavy atom. The van der Waals surface area contributed by atoms with Gasteiger partial charge in [0.25, 0.3) is 0 Å². The van der Waals surface area contributed by atoms with Gasteiger partial charge in [0.1, 0.15) is 0 Å². The lowest BCUT2D eigenvalue weighted by Gasteiger charge is -2.10. The molecule has 100 valence electrons. The van der Waals surface area contributed by atoms with Gasteiger partial charge in [0.2, 0.25) is 5.91 Å². The summed E-state index contributed by atoms with van der Waals surface area (Å²) in [5.74, 6) is 1.15. The van der Waals surface area contributed by atoms with Crippen molar-refractivity contribution in [1.82, 2.24) is 9.88 Å². The van der Waals surface area contributed by atoms with Gasteiger partial charge in [-0.3, -0.25) is 9.78 Å². The number of rotatable bonds is 5. The molecule has 4 heteroatoms. The number of amides is 1. The van der Waals surface area contributed by atoms with Crippen LogP contribution in [0.4, 0.5) is 0 Å². The van der Waals surface area contributed by atoms with Gasteiger partial charge in [-0.05, 0) is 24.3 Å². The monoisotopic (exact) mass is 274 g/mol. The van der Waals surface area contributed by atoms with Crippen molar-refractivity contribution >= 4 is 28.6 Å². The van der Waals surface area contributed by atoms with E-state index in [1.54, 1.807) is 30.8 Å². The Kier molecular flexibility index (Phi) is 4.80. The van der Waals surface area contributed by atoms with E-state index in [9.17, 15) is 4.79 Å². The molecule has 0 radical (unpaired) electrons. The van der Waals surface area contributed by atoms with Crippen LogP contribution in [-0.2, 0) is 4.79 Å². The highest BCUT2D eigenvalue weighted by molar-refractivity contribution is 7.99. The van der Waals surface area contributed by atoms with Gasteiger partial charge >= 0.3 is 0 Å². The summed E-state index contributed by atoms with van der Waals surface area (Å²) in [7, 11) is 3.59. The first-order chi connectivity index (χ1) is 9.18. The molecule has 0 unspecified atom stereocenters. The van der Waals surface area contributed by atoms with Crippen molar-refractivity contribution in [2.24, 2.45) is 0 Å². The van der Waals surface area contributed by atoms with Crippen LogP contribution >= 0.6 is 11.8 Å². The fourth-order valence-electron chi connectivity index (χ4n) is 1.82. The van der Waals surface area contributed by atoms with Crippen LogP contribution in [0, 0.1) is 0 Å². The third-order valence-electron chi connectivity index (χ3n) is 2.90. The molecular formula is C15H18N2OS. The lowest BCUT2D eigenvalue weighted by molar-refractivity contribution is -0.128. The highest BCUT2D eigenvalue weighted by atomic mass is 32.2. The summed E-state index contributed by atoms with van der Waals surface area (Å²) in [5.41, 5.74) is 1.02. The van der Waals surface area contributed by atoms with E-state index in [4.69, 9.17) is 0 Å². The molecule has 0 spiro atoms. The number of aromatic nitrogens is 1. The third kappa shape index (κ3) is 3.70. The molecule has 3 nitrogen and oxygen atoms in total. The van der Waals surface area contributed by atoms with Crippen molar-refractivity contribution in [3.63, 3.8) is 0 Å². The molecule has 0 aliphatic rings. The molecule has 1 amide bonds. The van der Waals surface area contributed by atoms with Gasteiger partial charge in [-0.25, -0.2) is 0 Å². The Morgan fingerprint density at radius 1 is 1.26 bits per heavy atom. The minimum absolute atomic E-state index is 0.195. The zero-order valence-corrected chi connectivity index (χ0v) is 12.1. The molecule has 0 fully saturated rings. The Bertz CT molecular complexity index is 564. The normalized spacial score (nSPS) is 10.6. The Labute approximate surface area is 118 Å². The maximum atomic E-state index is 11.5. The highest BCUT2D eigenvalue weighted by Crippen LogP contribution is 2.27. The predicted octanol–water partition coefficient (Wildman–Crippen LogP) is 3.20. The first-order valence-corrected chi connectivity index (χ1v) is 7.34. The van der Waals surface area contributed by atoms with E-state index in [2.05, 4.69) is 11.1 Å². The van der Waals surface area contributed by atoms with Crippen molar-refractivity contribution in [2.45, 2.75) is 17.7 Å². The number of thioether (sulfide) groups is 1. The maximum absolute atomic E-state index is 11.5. The van der Waals surface area contributed by atoms with E-state index in [1.165, 1.54) is 10.3 Å².